The zero-order chi connectivity index (χ0) is 9.84. The maximum Gasteiger partial charge on any atom is 0.0497 e. The van der Waals surface area contributed by atoms with Crippen LogP contribution in [-0.4, -0.2) is 6.54 Å². The van der Waals surface area contributed by atoms with Crippen molar-refractivity contribution in [1.29, 1.82) is 0 Å². The smallest absolute Gasteiger partial charge is 0.0497 e. The third-order valence-corrected chi connectivity index (χ3v) is 2.87. The average Bonchev–Trinajstić information content (AvgIpc) is 2.06. The third-order valence-electron chi connectivity index (χ3n) is 1.51. The molecule has 1 nitrogen and oxygen atoms in total. The number of rotatable bonds is 3. The molecule has 70 valence electrons. The molecule has 0 heterocycles. The SMILES string of the molecule is C=C(C)CNc1cc(I)ccc1Br. The van der Waals surface area contributed by atoms with Crippen molar-refractivity contribution >= 4 is 44.2 Å². The summed E-state index contributed by atoms with van der Waals surface area (Å²) in [6, 6.07) is 6.21. The second-order valence-corrected chi connectivity index (χ2v) is 5.03. The Hall–Kier alpha value is -0.0300. The van der Waals surface area contributed by atoms with Crippen LogP contribution in [-0.2, 0) is 0 Å². The third kappa shape index (κ3) is 3.68. The number of benzene rings is 1. The molecule has 13 heavy (non-hydrogen) atoms. The Balaban J connectivity index is 2.75. The Kier molecular flexibility index (Phi) is 4.25. The quantitative estimate of drug-likeness (QED) is 0.640. The fourth-order valence-electron chi connectivity index (χ4n) is 0.879. The number of hydrogen-bond acceptors (Lipinski definition) is 1. The van der Waals surface area contributed by atoms with Gasteiger partial charge in [-0.2, -0.15) is 0 Å². The summed E-state index contributed by atoms with van der Waals surface area (Å²) in [5, 5.41) is 3.30. The summed E-state index contributed by atoms with van der Waals surface area (Å²) in [6.45, 7) is 6.67. The minimum atomic E-state index is 0.818. The molecular weight excluding hydrogens is 341 g/mol. The van der Waals surface area contributed by atoms with E-state index in [9.17, 15) is 0 Å². The first-order valence-corrected chi connectivity index (χ1v) is 5.80. The molecule has 1 N–H and O–H groups in total. The summed E-state index contributed by atoms with van der Waals surface area (Å²) >= 11 is 5.78. The fourth-order valence-corrected chi connectivity index (χ4v) is 1.76. The molecule has 0 amide bonds. The Morgan fingerprint density at radius 2 is 2.31 bits per heavy atom. The first kappa shape index (κ1) is 11.0. The standard InChI is InChI=1S/C10H11BrIN/c1-7(2)6-13-10-5-8(12)3-4-9(10)11/h3-5,13H,1,6H2,2H3. The molecule has 1 aromatic carbocycles. The highest BCUT2D eigenvalue weighted by Crippen LogP contribution is 2.24. The predicted molar refractivity (Wildman–Crippen MR) is 70.2 cm³/mol. The summed E-state index contributed by atoms with van der Waals surface area (Å²) in [5.74, 6) is 0. The lowest BCUT2D eigenvalue weighted by Crippen LogP contribution is -2.02. The van der Waals surface area contributed by atoms with E-state index in [1.165, 1.54) is 3.57 Å². The van der Waals surface area contributed by atoms with E-state index in [2.05, 4.69) is 62.5 Å². The Bertz CT molecular complexity index is 323. The van der Waals surface area contributed by atoms with Crippen LogP contribution in [0.2, 0.25) is 0 Å². The van der Waals surface area contributed by atoms with Crippen LogP contribution in [0.5, 0.6) is 0 Å². The first-order valence-electron chi connectivity index (χ1n) is 3.93. The van der Waals surface area contributed by atoms with Crippen LogP contribution in [0.4, 0.5) is 5.69 Å². The van der Waals surface area contributed by atoms with E-state index in [-0.39, 0.29) is 0 Å². The van der Waals surface area contributed by atoms with E-state index in [4.69, 9.17) is 0 Å². The van der Waals surface area contributed by atoms with Crippen molar-refractivity contribution in [2.75, 3.05) is 11.9 Å². The van der Waals surface area contributed by atoms with Gasteiger partial charge in [-0.15, -0.1) is 0 Å². The number of anilines is 1. The van der Waals surface area contributed by atoms with Gasteiger partial charge in [0.1, 0.15) is 0 Å². The van der Waals surface area contributed by atoms with Gasteiger partial charge in [-0.1, -0.05) is 12.2 Å². The van der Waals surface area contributed by atoms with Crippen molar-refractivity contribution in [3.05, 3.63) is 38.4 Å². The molecule has 0 bridgehead atoms. The fraction of sp³-hybridized carbons (Fsp3) is 0.200. The lowest BCUT2D eigenvalue weighted by atomic mass is 10.3. The highest BCUT2D eigenvalue weighted by atomic mass is 127. The van der Waals surface area contributed by atoms with Crippen molar-refractivity contribution in [2.24, 2.45) is 0 Å². The maximum absolute atomic E-state index is 3.84. The molecule has 0 aliphatic rings. The van der Waals surface area contributed by atoms with Gasteiger partial charge in [-0.25, -0.2) is 0 Å². The molecule has 0 spiro atoms. The van der Waals surface area contributed by atoms with Crippen LogP contribution in [0.25, 0.3) is 0 Å². The minimum Gasteiger partial charge on any atom is -0.380 e. The van der Waals surface area contributed by atoms with E-state index in [0.717, 1.165) is 22.3 Å². The van der Waals surface area contributed by atoms with E-state index in [1.54, 1.807) is 0 Å². The molecule has 1 aromatic rings. The molecule has 0 atom stereocenters. The van der Waals surface area contributed by atoms with Crippen molar-refractivity contribution in [3.63, 3.8) is 0 Å². The summed E-state index contributed by atoms with van der Waals surface area (Å²) in [6.07, 6.45) is 0. The second-order valence-electron chi connectivity index (χ2n) is 2.93. The minimum absolute atomic E-state index is 0.818. The number of hydrogen-bond donors (Lipinski definition) is 1. The number of halogens is 2. The molecule has 0 saturated heterocycles. The molecule has 1 rings (SSSR count). The van der Waals surface area contributed by atoms with Crippen LogP contribution in [0.1, 0.15) is 6.92 Å². The zero-order valence-corrected chi connectivity index (χ0v) is 11.1. The van der Waals surface area contributed by atoms with Gasteiger partial charge in [-0.3, -0.25) is 0 Å². The molecular formula is C10H11BrIN. The second kappa shape index (κ2) is 5.00. The predicted octanol–water partition coefficient (Wildman–Crippen LogP) is 4.04. The van der Waals surface area contributed by atoms with E-state index in [0.29, 0.717) is 0 Å². The molecule has 3 heteroatoms. The molecule has 0 fully saturated rings. The van der Waals surface area contributed by atoms with Crippen LogP contribution in [0.15, 0.2) is 34.8 Å². The van der Waals surface area contributed by atoms with Crippen LogP contribution < -0.4 is 5.32 Å². The van der Waals surface area contributed by atoms with Gasteiger partial charge in [0, 0.05) is 20.3 Å². The van der Waals surface area contributed by atoms with Crippen LogP contribution >= 0.6 is 38.5 Å². The summed E-state index contributed by atoms with van der Waals surface area (Å²) < 4.78 is 2.32. The monoisotopic (exact) mass is 351 g/mol. The topological polar surface area (TPSA) is 12.0 Å². The Morgan fingerprint density at radius 1 is 1.62 bits per heavy atom. The lowest BCUT2D eigenvalue weighted by molar-refractivity contribution is 1.21. The van der Waals surface area contributed by atoms with Crippen LogP contribution in [0.3, 0.4) is 0 Å². The van der Waals surface area contributed by atoms with E-state index in [1.807, 2.05) is 13.0 Å². The largest absolute Gasteiger partial charge is 0.380 e. The highest BCUT2D eigenvalue weighted by Gasteiger charge is 1.98. The van der Waals surface area contributed by atoms with Crippen molar-refractivity contribution in [1.82, 2.24) is 0 Å². The van der Waals surface area contributed by atoms with E-state index < -0.39 is 0 Å². The van der Waals surface area contributed by atoms with Gasteiger partial charge >= 0.3 is 0 Å². The first-order chi connectivity index (χ1) is 6.09. The van der Waals surface area contributed by atoms with Gasteiger partial charge in [-0.05, 0) is 63.6 Å². The molecule has 0 aromatic heterocycles. The molecule has 0 saturated carbocycles. The van der Waals surface area contributed by atoms with Gasteiger partial charge in [0.2, 0.25) is 0 Å². The molecule has 0 aliphatic carbocycles. The summed E-state index contributed by atoms with van der Waals surface area (Å²) in [5.41, 5.74) is 2.25. The zero-order valence-electron chi connectivity index (χ0n) is 7.40. The maximum atomic E-state index is 3.84. The summed E-state index contributed by atoms with van der Waals surface area (Å²) in [7, 11) is 0. The van der Waals surface area contributed by atoms with Crippen molar-refractivity contribution < 1.29 is 0 Å². The molecule has 0 aliphatic heterocycles. The molecule has 0 unspecified atom stereocenters. The van der Waals surface area contributed by atoms with Gasteiger partial charge in [0.05, 0.1) is 0 Å². The normalized spacial score (nSPS) is 9.77. The van der Waals surface area contributed by atoms with Gasteiger partial charge in [0.25, 0.3) is 0 Å². The highest BCUT2D eigenvalue weighted by molar-refractivity contribution is 14.1. The van der Waals surface area contributed by atoms with E-state index >= 15 is 0 Å². The van der Waals surface area contributed by atoms with Crippen molar-refractivity contribution in [2.45, 2.75) is 6.92 Å². The van der Waals surface area contributed by atoms with Crippen LogP contribution in [0, 0.1) is 3.57 Å². The number of nitrogens with one attached hydrogen (secondary N) is 1. The average molecular weight is 352 g/mol. The summed E-state index contributed by atoms with van der Waals surface area (Å²) in [4.78, 5) is 0. The van der Waals surface area contributed by atoms with Gasteiger partial charge in [0.15, 0.2) is 0 Å². The lowest BCUT2D eigenvalue weighted by Gasteiger charge is -2.08. The van der Waals surface area contributed by atoms with Crippen molar-refractivity contribution in [3.8, 4) is 0 Å². The Labute approximate surface area is 101 Å². The Morgan fingerprint density at radius 3 is 2.92 bits per heavy atom. The molecule has 0 radical (unpaired) electrons. The van der Waals surface area contributed by atoms with Gasteiger partial charge < -0.3 is 5.32 Å².